The highest BCUT2D eigenvalue weighted by Gasteiger charge is 2.13. The molecule has 0 bridgehead atoms. The molecule has 1 N–H and O–H groups in total. The summed E-state index contributed by atoms with van der Waals surface area (Å²) in [7, 11) is 0. The minimum Gasteiger partial charge on any atom is -0.370 e. The number of hydrogen-bond acceptors (Lipinski definition) is 2. The second kappa shape index (κ2) is 6.79. The number of nitrogens with one attached hydrogen (secondary N) is 1. The lowest BCUT2D eigenvalue weighted by molar-refractivity contribution is 0.566. The number of nitrogens with zero attached hydrogens (tertiary/aromatic N) is 1. The largest absolute Gasteiger partial charge is 0.370 e. The fraction of sp³-hybridized carbons (Fsp3) is 0.625. The Morgan fingerprint density at radius 3 is 2.72 bits per heavy atom. The summed E-state index contributed by atoms with van der Waals surface area (Å²) in [4.78, 5) is 2.50. The zero-order chi connectivity index (χ0) is 12.8. The van der Waals surface area contributed by atoms with Crippen LogP contribution >= 0.6 is 0 Å². The van der Waals surface area contributed by atoms with Gasteiger partial charge in [-0.3, -0.25) is 0 Å². The van der Waals surface area contributed by atoms with Crippen molar-refractivity contribution < 1.29 is 0 Å². The van der Waals surface area contributed by atoms with E-state index in [1.54, 1.807) is 0 Å². The molecule has 2 nitrogen and oxygen atoms in total. The van der Waals surface area contributed by atoms with E-state index in [0.29, 0.717) is 6.04 Å². The van der Waals surface area contributed by atoms with Crippen LogP contribution in [0.1, 0.15) is 38.7 Å². The summed E-state index contributed by atoms with van der Waals surface area (Å²) in [6.07, 6.45) is 5.02. The Bertz CT molecular complexity index is 345. The Hall–Kier alpha value is -1.02. The molecule has 0 amide bonds. The lowest BCUT2D eigenvalue weighted by Gasteiger charge is -2.22. The molecule has 0 spiro atoms. The van der Waals surface area contributed by atoms with Crippen LogP contribution in [-0.2, 0) is 6.42 Å². The van der Waals surface area contributed by atoms with Gasteiger partial charge in [-0.2, -0.15) is 0 Å². The maximum atomic E-state index is 3.54. The molecule has 1 aliphatic heterocycles. The highest BCUT2D eigenvalue weighted by atomic mass is 15.2. The molecule has 0 radical (unpaired) electrons. The van der Waals surface area contributed by atoms with Crippen LogP contribution < -0.4 is 10.2 Å². The van der Waals surface area contributed by atoms with E-state index in [0.717, 1.165) is 13.1 Å². The van der Waals surface area contributed by atoms with E-state index in [1.165, 1.54) is 43.5 Å². The quantitative estimate of drug-likeness (QED) is 0.877. The molecule has 0 aliphatic carbocycles. The van der Waals surface area contributed by atoms with Crippen molar-refractivity contribution >= 4 is 5.69 Å². The minimum atomic E-state index is 0.652. The van der Waals surface area contributed by atoms with Crippen molar-refractivity contribution in [3.8, 4) is 0 Å². The van der Waals surface area contributed by atoms with Gasteiger partial charge in [-0.1, -0.05) is 25.5 Å². The van der Waals surface area contributed by atoms with Crippen LogP contribution in [0.4, 0.5) is 5.69 Å². The van der Waals surface area contributed by atoms with Gasteiger partial charge in [0.05, 0.1) is 0 Å². The molecule has 1 saturated heterocycles. The van der Waals surface area contributed by atoms with Gasteiger partial charge in [0.2, 0.25) is 0 Å². The van der Waals surface area contributed by atoms with Gasteiger partial charge in [0, 0.05) is 31.4 Å². The molecule has 0 saturated carbocycles. The number of anilines is 1. The molecule has 1 heterocycles. The van der Waals surface area contributed by atoms with E-state index in [1.807, 2.05) is 0 Å². The van der Waals surface area contributed by atoms with Gasteiger partial charge in [0.1, 0.15) is 0 Å². The first-order valence-corrected chi connectivity index (χ1v) is 7.37. The average Bonchev–Trinajstić information content (AvgIpc) is 2.62. The van der Waals surface area contributed by atoms with E-state index < -0.39 is 0 Å². The first kappa shape index (κ1) is 13.4. The number of rotatable bonds is 4. The second-order valence-electron chi connectivity index (χ2n) is 5.40. The van der Waals surface area contributed by atoms with E-state index >= 15 is 0 Å². The van der Waals surface area contributed by atoms with E-state index in [-0.39, 0.29) is 0 Å². The van der Waals surface area contributed by atoms with Gasteiger partial charge in [0.25, 0.3) is 0 Å². The number of aryl methyl sites for hydroxylation is 1. The Morgan fingerprint density at radius 1 is 1.22 bits per heavy atom. The van der Waals surface area contributed by atoms with Crippen molar-refractivity contribution in [2.45, 2.75) is 45.6 Å². The van der Waals surface area contributed by atoms with E-state index in [4.69, 9.17) is 0 Å². The Morgan fingerprint density at radius 2 is 2.00 bits per heavy atom. The van der Waals surface area contributed by atoms with Crippen molar-refractivity contribution in [2.24, 2.45) is 0 Å². The van der Waals surface area contributed by atoms with Crippen LogP contribution in [0.15, 0.2) is 24.3 Å². The maximum Gasteiger partial charge on any atom is 0.0366 e. The van der Waals surface area contributed by atoms with Crippen LogP contribution in [0.2, 0.25) is 0 Å². The van der Waals surface area contributed by atoms with Crippen molar-refractivity contribution in [1.29, 1.82) is 0 Å². The topological polar surface area (TPSA) is 15.3 Å². The number of unbranched alkanes of at least 4 members (excludes halogenated alkanes) is 1. The molecule has 1 fully saturated rings. The molecule has 1 aliphatic rings. The third-order valence-corrected chi connectivity index (χ3v) is 3.83. The highest BCUT2D eigenvalue weighted by molar-refractivity contribution is 5.47. The highest BCUT2D eigenvalue weighted by Crippen LogP contribution is 2.18. The first-order chi connectivity index (χ1) is 8.79. The zero-order valence-electron chi connectivity index (χ0n) is 11.8. The van der Waals surface area contributed by atoms with Crippen molar-refractivity contribution in [1.82, 2.24) is 5.32 Å². The Balaban J connectivity index is 1.95. The SMILES string of the molecule is CCCCc1ccc(N2CCNC(C)CC2)cc1. The van der Waals surface area contributed by atoms with Gasteiger partial charge < -0.3 is 10.2 Å². The summed E-state index contributed by atoms with van der Waals surface area (Å²) in [6.45, 7) is 7.91. The molecule has 1 unspecified atom stereocenters. The van der Waals surface area contributed by atoms with Gasteiger partial charge in [-0.05, 0) is 43.9 Å². The van der Waals surface area contributed by atoms with Crippen LogP contribution in [0, 0.1) is 0 Å². The molecule has 100 valence electrons. The number of benzene rings is 1. The molecule has 1 aromatic carbocycles. The lowest BCUT2D eigenvalue weighted by atomic mass is 10.1. The van der Waals surface area contributed by atoms with Gasteiger partial charge >= 0.3 is 0 Å². The van der Waals surface area contributed by atoms with Crippen molar-refractivity contribution in [3.05, 3.63) is 29.8 Å². The third-order valence-electron chi connectivity index (χ3n) is 3.83. The fourth-order valence-corrected chi connectivity index (χ4v) is 2.52. The minimum absolute atomic E-state index is 0.652. The van der Waals surface area contributed by atoms with Gasteiger partial charge in [0.15, 0.2) is 0 Å². The monoisotopic (exact) mass is 246 g/mol. The summed E-state index contributed by atoms with van der Waals surface area (Å²) in [5.41, 5.74) is 2.85. The Kier molecular flexibility index (Phi) is 5.06. The molecule has 1 atom stereocenters. The normalized spacial score (nSPS) is 20.8. The summed E-state index contributed by atoms with van der Waals surface area (Å²) in [6, 6.07) is 9.83. The zero-order valence-corrected chi connectivity index (χ0v) is 11.8. The lowest BCUT2D eigenvalue weighted by Crippen LogP contribution is -2.28. The van der Waals surface area contributed by atoms with Crippen molar-refractivity contribution in [3.63, 3.8) is 0 Å². The first-order valence-electron chi connectivity index (χ1n) is 7.37. The second-order valence-corrected chi connectivity index (χ2v) is 5.40. The van der Waals surface area contributed by atoms with Crippen LogP contribution in [0.25, 0.3) is 0 Å². The van der Waals surface area contributed by atoms with Crippen LogP contribution in [0.5, 0.6) is 0 Å². The maximum absolute atomic E-state index is 3.54. The Labute approximate surface area is 111 Å². The molecule has 2 rings (SSSR count). The van der Waals surface area contributed by atoms with E-state index in [2.05, 4.69) is 48.3 Å². The summed E-state index contributed by atoms with van der Waals surface area (Å²) in [5.74, 6) is 0. The fourth-order valence-electron chi connectivity index (χ4n) is 2.52. The summed E-state index contributed by atoms with van der Waals surface area (Å²) < 4.78 is 0. The molecular weight excluding hydrogens is 220 g/mol. The smallest absolute Gasteiger partial charge is 0.0366 e. The average molecular weight is 246 g/mol. The molecular formula is C16H26N2. The van der Waals surface area contributed by atoms with Crippen LogP contribution in [0.3, 0.4) is 0 Å². The summed E-state index contributed by atoms with van der Waals surface area (Å²) >= 11 is 0. The van der Waals surface area contributed by atoms with Crippen LogP contribution in [-0.4, -0.2) is 25.7 Å². The predicted octanol–water partition coefficient (Wildman–Crippen LogP) is 3.22. The molecule has 2 heteroatoms. The third kappa shape index (κ3) is 3.74. The van der Waals surface area contributed by atoms with Crippen molar-refractivity contribution in [2.75, 3.05) is 24.5 Å². The number of hydrogen-bond donors (Lipinski definition) is 1. The predicted molar refractivity (Wildman–Crippen MR) is 79.3 cm³/mol. The molecule has 0 aromatic heterocycles. The standard InChI is InChI=1S/C16H26N2/c1-3-4-5-15-6-8-16(9-7-15)18-12-10-14(2)17-11-13-18/h6-9,14,17H,3-5,10-13H2,1-2H3. The van der Waals surface area contributed by atoms with Gasteiger partial charge in [-0.25, -0.2) is 0 Å². The summed E-state index contributed by atoms with van der Waals surface area (Å²) in [5, 5.41) is 3.54. The molecule has 18 heavy (non-hydrogen) atoms. The van der Waals surface area contributed by atoms with Gasteiger partial charge in [-0.15, -0.1) is 0 Å². The van der Waals surface area contributed by atoms with E-state index in [9.17, 15) is 0 Å². The molecule has 1 aromatic rings.